The number of carbonyl (C=O) groups is 2. The van der Waals surface area contributed by atoms with E-state index in [0.29, 0.717) is 11.5 Å². The van der Waals surface area contributed by atoms with Crippen molar-refractivity contribution >= 4 is 56.6 Å². The summed E-state index contributed by atoms with van der Waals surface area (Å²) in [6.07, 6.45) is 30.1. The van der Waals surface area contributed by atoms with Gasteiger partial charge in [-0.1, -0.05) is 129 Å². The predicted molar refractivity (Wildman–Crippen MR) is 191 cm³/mol. The minimum atomic E-state index is -1.40. The Morgan fingerprint density at radius 2 is 0.674 bits per heavy atom. The second-order valence-corrected chi connectivity index (χ2v) is 18.2. The first-order chi connectivity index (χ1) is 21.0. The fourth-order valence-corrected chi connectivity index (χ4v) is 11.0. The minimum absolute atomic E-state index is 0.149. The van der Waals surface area contributed by atoms with Gasteiger partial charge in [-0.15, -0.1) is 23.5 Å². The molecule has 0 aromatic rings. The molecule has 0 saturated heterocycles. The van der Waals surface area contributed by atoms with E-state index in [1.165, 1.54) is 116 Å². The van der Waals surface area contributed by atoms with Crippen molar-refractivity contribution in [3.8, 4) is 0 Å². The van der Waals surface area contributed by atoms with Crippen LogP contribution in [0.15, 0.2) is 9.81 Å². The van der Waals surface area contributed by atoms with Crippen LogP contribution in [-0.2, 0) is 9.59 Å². The van der Waals surface area contributed by atoms with E-state index in [1.54, 1.807) is 8.87 Å². The number of hydrogen-bond donors (Lipinski definition) is 0. The van der Waals surface area contributed by atoms with Crippen LogP contribution in [-0.4, -0.2) is 44.6 Å². The quantitative estimate of drug-likeness (QED) is 0.0387. The van der Waals surface area contributed by atoms with E-state index in [0.717, 1.165) is 62.0 Å². The fourth-order valence-electron chi connectivity index (χ4n) is 4.69. The molecule has 0 atom stereocenters. The second kappa shape index (κ2) is 38.4. The molecule has 0 N–H and O–H groups in total. The Kier molecular flexibility index (Phi) is 40.4. The summed E-state index contributed by atoms with van der Waals surface area (Å²) < 4.78 is 3.25. The van der Waals surface area contributed by atoms with E-state index in [9.17, 15) is 19.8 Å². The molecule has 0 aromatic heterocycles. The Morgan fingerprint density at radius 1 is 0.419 bits per heavy atom. The third-order valence-electron chi connectivity index (χ3n) is 7.48. The van der Waals surface area contributed by atoms with Crippen molar-refractivity contribution in [3.63, 3.8) is 0 Å². The summed E-state index contributed by atoms with van der Waals surface area (Å²) in [6.45, 7) is 9.04. The molecular weight excluding hydrogens is 679 g/mol. The van der Waals surface area contributed by atoms with Crippen LogP contribution in [0, 0.1) is 0 Å². The topological polar surface area (TPSA) is 80.3 Å². The predicted octanol–water partition coefficient (Wildman–Crippen LogP) is 10.1. The summed E-state index contributed by atoms with van der Waals surface area (Å²) in [6, 6.07) is 0. The summed E-state index contributed by atoms with van der Waals surface area (Å²) in [5, 5.41) is 23.1. The first-order valence-corrected chi connectivity index (χ1v) is 24.1. The zero-order valence-corrected chi connectivity index (χ0v) is 33.2. The van der Waals surface area contributed by atoms with Gasteiger partial charge in [-0.25, -0.2) is 0 Å². The Balaban J connectivity index is 0. The number of hydrogen-bond acceptors (Lipinski definition) is 6. The van der Waals surface area contributed by atoms with Crippen molar-refractivity contribution in [2.24, 2.45) is 0 Å². The van der Waals surface area contributed by atoms with Gasteiger partial charge >= 0.3 is 69.5 Å². The van der Waals surface area contributed by atoms with Crippen molar-refractivity contribution < 1.29 is 19.8 Å². The molecule has 0 aliphatic rings. The zero-order valence-electron chi connectivity index (χ0n) is 28.7. The average molecular weight is 748 g/mol. The van der Waals surface area contributed by atoms with Gasteiger partial charge in [-0.2, -0.15) is 0 Å². The SMILES string of the molecule is CCCCCCCCCCCCS/C(C(=O)[O-])=C(\SCCCCCCCCCCCC)C(=O)[O-].CCC[CH2][Sn+2][CH2]CCC. The fraction of sp³-hybridized carbons (Fsp3) is 0.889. The average Bonchev–Trinajstić information content (AvgIpc) is 2.99. The summed E-state index contributed by atoms with van der Waals surface area (Å²) in [5.74, 6) is -1.58. The van der Waals surface area contributed by atoms with Gasteiger partial charge < -0.3 is 19.8 Å². The summed E-state index contributed by atoms with van der Waals surface area (Å²) >= 11 is 2.35. The maximum absolute atomic E-state index is 11.6. The van der Waals surface area contributed by atoms with Gasteiger partial charge in [0.15, 0.2) is 0 Å². The monoisotopic (exact) mass is 748 g/mol. The van der Waals surface area contributed by atoms with Gasteiger partial charge in [0.2, 0.25) is 0 Å². The van der Waals surface area contributed by atoms with Crippen LogP contribution >= 0.6 is 23.5 Å². The normalized spacial score (nSPS) is 11.4. The van der Waals surface area contributed by atoms with Crippen LogP contribution in [0.25, 0.3) is 0 Å². The molecule has 43 heavy (non-hydrogen) atoms. The molecule has 0 amide bonds. The molecule has 0 spiro atoms. The van der Waals surface area contributed by atoms with Crippen LogP contribution in [0.4, 0.5) is 0 Å². The molecule has 0 bridgehead atoms. The van der Waals surface area contributed by atoms with Crippen LogP contribution in [0.2, 0.25) is 8.87 Å². The summed E-state index contributed by atoms with van der Waals surface area (Å²) in [7, 11) is 0. The Labute approximate surface area is 286 Å². The number of carboxylic acids is 2. The molecule has 0 aliphatic heterocycles. The Bertz CT molecular complexity index is 591. The molecule has 4 nitrogen and oxygen atoms in total. The Morgan fingerprint density at radius 3 is 0.930 bits per heavy atom. The number of aliphatic carboxylic acids is 2. The standard InChI is InChI=1S/C28H52O4S2.2C4H9.Sn/c1-3-5-7-9-11-13-15-17-19-21-23-33-25(27(29)30)26(28(31)32)34-24-22-20-18-16-14-12-10-8-6-4-2;2*1-3-4-2;/h3-24H2,1-2H3,(H,29,30)(H,31,32);2*1,3-4H2,2H3;/q;;;+2/p-2/b26-25-;;;. The van der Waals surface area contributed by atoms with Gasteiger partial charge in [0, 0.05) is 9.81 Å². The molecule has 0 saturated carbocycles. The van der Waals surface area contributed by atoms with E-state index in [4.69, 9.17) is 0 Å². The van der Waals surface area contributed by atoms with Crippen molar-refractivity contribution in [1.82, 2.24) is 0 Å². The van der Waals surface area contributed by atoms with Crippen molar-refractivity contribution in [1.29, 1.82) is 0 Å². The van der Waals surface area contributed by atoms with Gasteiger partial charge in [0.25, 0.3) is 0 Å². The molecule has 0 aliphatic carbocycles. The molecule has 0 aromatic carbocycles. The van der Waals surface area contributed by atoms with E-state index in [1.807, 2.05) is 0 Å². The third kappa shape index (κ3) is 34.9. The first kappa shape index (κ1) is 45.3. The zero-order chi connectivity index (χ0) is 32.2. The molecule has 7 heteroatoms. The number of carbonyl (C=O) groups excluding carboxylic acids is 2. The number of unbranched alkanes of at least 4 members (excludes halogenated alkanes) is 20. The van der Waals surface area contributed by atoms with Crippen LogP contribution in [0.3, 0.4) is 0 Å². The van der Waals surface area contributed by atoms with E-state index in [2.05, 4.69) is 27.7 Å². The van der Waals surface area contributed by atoms with Gasteiger partial charge in [-0.05, 0) is 24.3 Å². The maximum atomic E-state index is 11.6. The van der Waals surface area contributed by atoms with Gasteiger partial charge in [0.05, 0.1) is 11.9 Å². The number of carboxylic acid groups (broad SMARTS) is 2. The Hall–Kier alpha value is 0.179. The third-order valence-corrected chi connectivity index (χ3v) is 13.9. The van der Waals surface area contributed by atoms with Crippen molar-refractivity contribution in [2.75, 3.05) is 11.5 Å². The van der Waals surface area contributed by atoms with E-state index < -0.39 is 11.9 Å². The number of rotatable bonds is 32. The van der Waals surface area contributed by atoms with Crippen LogP contribution in [0.1, 0.15) is 182 Å². The molecule has 0 rings (SSSR count). The molecule has 0 unspecified atom stereocenters. The number of thioether (sulfide) groups is 2. The molecular formula is C36H68O4S2Sn. The van der Waals surface area contributed by atoms with Gasteiger partial charge in [-0.3, -0.25) is 0 Å². The van der Waals surface area contributed by atoms with Crippen LogP contribution in [0.5, 0.6) is 0 Å². The van der Waals surface area contributed by atoms with Gasteiger partial charge in [0.1, 0.15) is 0 Å². The second-order valence-electron chi connectivity index (χ2n) is 11.8. The summed E-state index contributed by atoms with van der Waals surface area (Å²) in [5.41, 5.74) is 0. The molecule has 0 heterocycles. The van der Waals surface area contributed by atoms with Crippen molar-refractivity contribution in [3.05, 3.63) is 9.81 Å². The van der Waals surface area contributed by atoms with Crippen LogP contribution < -0.4 is 10.2 Å². The molecule has 0 fully saturated rings. The molecule has 0 radical (unpaired) electrons. The molecule has 252 valence electrons. The van der Waals surface area contributed by atoms with Crippen molar-refractivity contribution in [2.45, 2.75) is 191 Å². The first-order valence-electron chi connectivity index (χ1n) is 18.1. The summed E-state index contributed by atoms with van der Waals surface area (Å²) in [4.78, 5) is 22.8. The van der Waals surface area contributed by atoms with E-state index in [-0.39, 0.29) is 31.0 Å². The van der Waals surface area contributed by atoms with E-state index >= 15 is 0 Å².